The van der Waals surface area contributed by atoms with Crippen molar-refractivity contribution >= 4 is 39.4 Å². The Bertz CT molecular complexity index is 1290. The van der Waals surface area contributed by atoms with Crippen molar-refractivity contribution in [2.75, 3.05) is 24.8 Å². The summed E-state index contributed by atoms with van der Waals surface area (Å²) in [5.74, 6) is 0.683. The number of ether oxygens (including phenoxy) is 2. The summed E-state index contributed by atoms with van der Waals surface area (Å²) >= 11 is 6.20. The number of rotatable bonds is 9. The molecule has 0 bridgehead atoms. The molecule has 0 saturated heterocycles. The van der Waals surface area contributed by atoms with E-state index in [0.29, 0.717) is 38.9 Å². The van der Waals surface area contributed by atoms with Crippen molar-refractivity contribution in [2.45, 2.75) is 6.54 Å². The Kier molecular flexibility index (Phi) is 8.14. The first-order chi connectivity index (χ1) is 16.2. The molecule has 10 heteroatoms. The van der Waals surface area contributed by atoms with Crippen LogP contribution in [0.15, 0.2) is 71.8 Å². The third kappa shape index (κ3) is 6.27. The number of benzene rings is 3. The molecule has 1 amide bonds. The summed E-state index contributed by atoms with van der Waals surface area (Å²) in [7, 11) is -0.514. The summed E-state index contributed by atoms with van der Waals surface area (Å²) < 4.78 is 36.5. The zero-order chi connectivity index (χ0) is 24.7. The molecule has 3 rings (SSSR count). The standard InChI is InChI=1S/C24H24ClN3O5S/c1-32-22-13-8-17(14-23(22)33-2)15-26-27-24(29)18-9-11-20(12-10-18)28(34(3,30)31)16-19-6-4-5-7-21(19)25/h4-15H,16H2,1-3H3,(H,27,29)/b26-15-. The van der Waals surface area contributed by atoms with Gasteiger partial charge in [0.25, 0.3) is 5.91 Å². The van der Waals surface area contributed by atoms with E-state index >= 15 is 0 Å². The van der Waals surface area contributed by atoms with E-state index in [-0.39, 0.29) is 6.54 Å². The zero-order valence-corrected chi connectivity index (χ0v) is 20.4. The molecule has 0 radical (unpaired) electrons. The number of amides is 1. The van der Waals surface area contributed by atoms with Crippen molar-refractivity contribution in [3.63, 3.8) is 0 Å². The van der Waals surface area contributed by atoms with Gasteiger partial charge in [0, 0.05) is 10.6 Å². The highest BCUT2D eigenvalue weighted by molar-refractivity contribution is 7.92. The number of carbonyl (C=O) groups is 1. The van der Waals surface area contributed by atoms with Crippen molar-refractivity contribution < 1.29 is 22.7 Å². The second kappa shape index (κ2) is 11.0. The van der Waals surface area contributed by atoms with Crippen LogP contribution in [-0.2, 0) is 16.6 Å². The lowest BCUT2D eigenvalue weighted by Crippen LogP contribution is -2.29. The van der Waals surface area contributed by atoms with E-state index in [0.717, 1.165) is 6.26 Å². The van der Waals surface area contributed by atoms with Gasteiger partial charge in [0.15, 0.2) is 11.5 Å². The number of nitrogens with zero attached hydrogens (tertiary/aromatic N) is 2. The Labute approximate surface area is 203 Å². The Balaban J connectivity index is 1.71. The van der Waals surface area contributed by atoms with Gasteiger partial charge < -0.3 is 9.47 Å². The maximum absolute atomic E-state index is 12.5. The summed E-state index contributed by atoms with van der Waals surface area (Å²) in [5.41, 5.74) is 4.55. The van der Waals surface area contributed by atoms with Crippen LogP contribution in [0.4, 0.5) is 5.69 Å². The lowest BCUT2D eigenvalue weighted by atomic mass is 10.2. The van der Waals surface area contributed by atoms with Crippen LogP contribution in [-0.4, -0.2) is 41.0 Å². The number of nitrogens with one attached hydrogen (secondary N) is 1. The number of hydrogen-bond acceptors (Lipinski definition) is 6. The van der Waals surface area contributed by atoms with Crippen molar-refractivity contribution in [2.24, 2.45) is 5.10 Å². The number of carbonyl (C=O) groups excluding carboxylic acids is 1. The lowest BCUT2D eigenvalue weighted by Gasteiger charge is -2.23. The average molecular weight is 502 g/mol. The fourth-order valence-electron chi connectivity index (χ4n) is 3.12. The molecule has 0 aromatic heterocycles. The fraction of sp³-hybridized carbons (Fsp3) is 0.167. The molecular formula is C24H24ClN3O5S. The molecular weight excluding hydrogens is 478 g/mol. The minimum absolute atomic E-state index is 0.0691. The molecule has 178 valence electrons. The lowest BCUT2D eigenvalue weighted by molar-refractivity contribution is 0.0955. The van der Waals surface area contributed by atoms with Gasteiger partial charge in [-0.05, 0) is 59.7 Å². The predicted octanol–water partition coefficient (Wildman–Crippen LogP) is 4.09. The molecule has 0 aliphatic carbocycles. The van der Waals surface area contributed by atoms with E-state index in [4.69, 9.17) is 21.1 Å². The van der Waals surface area contributed by atoms with Crippen molar-refractivity contribution in [1.29, 1.82) is 0 Å². The summed E-state index contributed by atoms with van der Waals surface area (Å²) in [5, 5.41) is 4.44. The van der Waals surface area contributed by atoms with Gasteiger partial charge in [0.05, 0.1) is 38.9 Å². The van der Waals surface area contributed by atoms with E-state index in [2.05, 4.69) is 10.5 Å². The number of hydrazone groups is 1. The molecule has 34 heavy (non-hydrogen) atoms. The van der Waals surface area contributed by atoms with E-state index in [9.17, 15) is 13.2 Å². The number of halogens is 1. The highest BCUT2D eigenvalue weighted by Gasteiger charge is 2.19. The summed E-state index contributed by atoms with van der Waals surface area (Å²) in [6, 6.07) is 18.4. The quantitative estimate of drug-likeness (QED) is 0.352. The molecule has 0 heterocycles. The smallest absolute Gasteiger partial charge is 0.271 e. The van der Waals surface area contributed by atoms with Gasteiger partial charge in [-0.1, -0.05) is 29.8 Å². The van der Waals surface area contributed by atoms with E-state index < -0.39 is 15.9 Å². The highest BCUT2D eigenvalue weighted by atomic mass is 35.5. The molecule has 0 fully saturated rings. The largest absolute Gasteiger partial charge is 0.493 e. The van der Waals surface area contributed by atoms with Crippen LogP contribution in [0.2, 0.25) is 5.02 Å². The Hall–Kier alpha value is -3.56. The average Bonchev–Trinajstić information content (AvgIpc) is 2.82. The van der Waals surface area contributed by atoms with Crippen molar-refractivity contribution in [3.05, 3.63) is 88.4 Å². The monoisotopic (exact) mass is 501 g/mol. The van der Waals surface area contributed by atoms with Crippen molar-refractivity contribution in [3.8, 4) is 11.5 Å². The Morgan fingerprint density at radius 3 is 2.32 bits per heavy atom. The fourth-order valence-corrected chi connectivity index (χ4v) is 4.20. The summed E-state index contributed by atoms with van der Waals surface area (Å²) in [6.07, 6.45) is 2.59. The molecule has 0 atom stereocenters. The number of sulfonamides is 1. The van der Waals surface area contributed by atoms with Crippen LogP contribution in [0.25, 0.3) is 0 Å². The van der Waals surface area contributed by atoms with Crippen LogP contribution < -0.4 is 19.2 Å². The maximum Gasteiger partial charge on any atom is 0.271 e. The molecule has 0 saturated carbocycles. The normalized spacial score (nSPS) is 11.3. The van der Waals surface area contributed by atoms with Crippen LogP contribution in [0.3, 0.4) is 0 Å². The molecule has 0 aliphatic heterocycles. The van der Waals surface area contributed by atoms with Gasteiger partial charge >= 0.3 is 0 Å². The Morgan fingerprint density at radius 2 is 1.71 bits per heavy atom. The minimum atomic E-state index is -3.59. The first-order valence-electron chi connectivity index (χ1n) is 10.1. The SMILES string of the molecule is COc1ccc(/C=N\NC(=O)c2ccc(N(Cc3ccccc3Cl)S(C)(=O)=O)cc2)cc1OC. The zero-order valence-electron chi connectivity index (χ0n) is 18.9. The van der Waals surface area contributed by atoms with Crippen LogP contribution in [0, 0.1) is 0 Å². The van der Waals surface area contributed by atoms with Crippen LogP contribution >= 0.6 is 11.6 Å². The van der Waals surface area contributed by atoms with Gasteiger partial charge in [0.1, 0.15) is 0 Å². The minimum Gasteiger partial charge on any atom is -0.493 e. The second-order valence-electron chi connectivity index (χ2n) is 7.22. The second-order valence-corrected chi connectivity index (χ2v) is 9.54. The number of hydrogen-bond donors (Lipinski definition) is 1. The molecule has 1 N–H and O–H groups in total. The Morgan fingerprint density at radius 1 is 1.03 bits per heavy atom. The first kappa shape index (κ1) is 25.1. The highest BCUT2D eigenvalue weighted by Crippen LogP contribution is 2.27. The third-order valence-electron chi connectivity index (χ3n) is 4.88. The maximum atomic E-state index is 12.5. The molecule has 0 spiro atoms. The van der Waals surface area contributed by atoms with Gasteiger partial charge in [0.2, 0.25) is 10.0 Å². The molecule has 0 aliphatic rings. The summed E-state index contributed by atoms with van der Waals surface area (Å²) in [4.78, 5) is 12.5. The van der Waals surface area contributed by atoms with Gasteiger partial charge in [-0.2, -0.15) is 5.10 Å². The molecule has 3 aromatic rings. The summed E-state index contributed by atoms with van der Waals surface area (Å²) in [6.45, 7) is 0.0691. The van der Waals surface area contributed by atoms with Gasteiger partial charge in [-0.15, -0.1) is 0 Å². The van der Waals surface area contributed by atoms with Crippen molar-refractivity contribution in [1.82, 2.24) is 5.43 Å². The number of anilines is 1. The van der Waals surface area contributed by atoms with Gasteiger partial charge in [-0.25, -0.2) is 13.8 Å². The van der Waals surface area contributed by atoms with E-state index in [1.165, 1.54) is 29.8 Å². The first-order valence-corrected chi connectivity index (χ1v) is 12.3. The van der Waals surface area contributed by atoms with Crippen LogP contribution in [0.5, 0.6) is 11.5 Å². The topological polar surface area (TPSA) is 97.3 Å². The van der Waals surface area contributed by atoms with E-state index in [1.807, 2.05) is 0 Å². The molecule has 8 nitrogen and oxygen atoms in total. The molecule has 0 unspecified atom stereocenters. The van der Waals surface area contributed by atoms with Gasteiger partial charge in [-0.3, -0.25) is 9.10 Å². The van der Waals surface area contributed by atoms with E-state index in [1.54, 1.807) is 61.7 Å². The molecule has 3 aromatic carbocycles. The number of methoxy groups -OCH3 is 2. The predicted molar refractivity (Wildman–Crippen MR) is 134 cm³/mol. The third-order valence-corrected chi connectivity index (χ3v) is 6.39. The van der Waals surface area contributed by atoms with Crippen LogP contribution in [0.1, 0.15) is 21.5 Å².